The van der Waals surface area contributed by atoms with E-state index in [1.54, 1.807) is 29.7 Å². The molecule has 0 aromatic heterocycles. The predicted octanol–water partition coefficient (Wildman–Crippen LogP) is 16.0. The van der Waals surface area contributed by atoms with Gasteiger partial charge in [-0.05, 0) is 106 Å². The lowest BCUT2D eigenvalue weighted by molar-refractivity contribution is 0.184. The topological polar surface area (TPSA) is 75.6 Å². The van der Waals surface area contributed by atoms with Gasteiger partial charge < -0.3 is 32.2 Å². The molecule has 0 aliphatic carbocycles. The fraction of sp³-hybridized carbons (Fsp3) is 1.00. The molecule has 7 nitrogen and oxygen atoms in total. The number of unbranched alkanes of at least 4 members (excludes halogenated alkanes) is 4. The summed E-state index contributed by atoms with van der Waals surface area (Å²) < 4.78 is 39.6. The van der Waals surface area contributed by atoms with Gasteiger partial charge in [0.25, 0.3) is 0 Å². The van der Waals surface area contributed by atoms with E-state index in [-0.39, 0.29) is 12.2 Å². The minimum atomic E-state index is -2.89. The zero-order valence-corrected chi connectivity index (χ0v) is 45.6. The van der Waals surface area contributed by atoms with Crippen LogP contribution in [0.1, 0.15) is 179 Å². The quantitative estimate of drug-likeness (QED) is 0.0592. The summed E-state index contributed by atoms with van der Waals surface area (Å²) in [6, 6.07) is 0. The van der Waals surface area contributed by atoms with Crippen LogP contribution in [0.5, 0.6) is 0 Å². The normalized spacial score (nSPS) is 19.2. The third-order valence-electron chi connectivity index (χ3n) is 10.1. The summed E-state index contributed by atoms with van der Waals surface area (Å²) in [5, 5.41) is 10.3. The summed E-state index contributed by atoms with van der Waals surface area (Å²) in [5.74, 6) is 3.45. The molecule has 0 spiro atoms. The third-order valence-corrected chi connectivity index (χ3v) is 26.6. The molecule has 57 heavy (non-hydrogen) atoms. The first-order valence-corrected chi connectivity index (χ1v) is 35.1. The summed E-state index contributed by atoms with van der Waals surface area (Å²) in [4.78, 5) is 0. The van der Waals surface area contributed by atoms with Crippen molar-refractivity contribution < 1.29 is 32.2 Å². The molecule has 16 heteroatoms. The number of hydrogen-bond donors (Lipinski definition) is 1. The van der Waals surface area contributed by atoms with Crippen molar-refractivity contribution in [3.63, 3.8) is 0 Å². The van der Waals surface area contributed by atoms with E-state index >= 15 is 0 Å². The van der Waals surface area contributed by atoms with Crippen LogP contribution >= 0.6 is 51.2 Å². The van der Waals surface area contributed by atoms with E-state index in [2.05, 4.69) is 55.4 Å². The minimum absolute atomic E-state index is 0.263. The summed E-state index contributed by atoms with van der Waals surface area (Å²) >= 11 is 23.2. The van der Waals surface area contributed by atoms with Crippen LogP contribution in [0.15, 0.2) is 0 Å². The Labute approximate surface area is 380 Å². The minimum Gasteiger partial charge on any atom is -0.393 e. The molecule has 0 saturated heterocycles. The first-order valence-electron chi connectivity index (χ1n) is 22.5. The highest BCUT2D eigenvalue weighted by Crippen LogP contribution is 2.67. The highest BCUT2D eigenvalue weighted by atomic mass is 32.9. The molecular formula is C41H87O7P3S6. The van der Waals surface area contributed by atoms with E-state index in [1.165, 1.54) is 62.7 Å². The van der Waals surface area contributed by atoms with Gasteiger partial charge in [-0.3, -0.25) is 0 Å². The van der Waals surface area contributed by atoms with Gasteiger partial charge in [-0.1, -0.05) is 167 Å². The van der Waals surface area contributed by atoms with E-state index in [4.69, 9.17) is 62.6 Å². The van der Waals surface area contributed by atoms with Gasteiger partial charge in [0.05, 0.1) is 44.7 Å². The Hall–Kier alpha value is 2.72. The summed E-state index contributed by atoms with van der Waals surface area (Å²) in [6.07, 6.45) is 17.2. The molecule has 0 fully saturated rings. The highest BCUT2D eigenvalue weighted by Gasteiger charge is 2.32. The van der Waals surface area contributed by atoms with Crippen molar-refractivity contribution >= 4 is 86.6 Å². The van der Waals surface area contributed by atoms with E-state index < -0.39 is 23.2 Å². The molecule has 0 aromatic carbocycles. The Morgan fingerprint density at radius 2 is 0.702 bits per heavy atom. The monoisotopic (exact) mass is 976 g/mol. The molecule has 0 radical (unpaired) electrons. The molecule has 0 amide bonds. The van der Waals surface area contributed by atoms with Crippen molar-refractivity contribution in [1.82, 2.24) is 0 Å². The fourth-order valence-corrected chi connectivity index (χ4v) is 20.2. The molecule has 0 aliphatic heterocycles. The van der Waals surface area contributed by atoms with Gasteiger partial charge >= 0.3 is 0 Å². The average Bonchev–Trinajstić information content (AvgIpc) is 3.19. The highest BCUT2D eigenvalue weighted by molar-refractivity contribution is 8.68. The molecule has 7 atom stereocenters. The van der Waals surface area contributed by atoms with Gasteiger partial charge in [0, 0.05) is 17.3 Å². The van der Waals surface area contributed by atoms with Gasteiger partial charge in [-0.2, -0.15) is 0 Å². The number of rotatable bonds is 41. The summed E-state index contributed by atoms with van der Waals surface area (Å²) in [7, 11) is 0. The van der Waals surface area contributed by atoms with Crippen LogP contribution in [0, 0.1) is 23.7 Å². The predicted molar refractivity (Wildman–Crippen MR) is 270 cm³/mol. The zero-order valence-electron chi connectivity index (χ0n) is 38.0. The average molecular weight is 977 g/mol. The summed E-state index contributed by atoms with van der Waals surface area (Å²) in [6.45, 7) is 26.2. The molecule has 0 bridgehead atoms. The second-order valence-electron chi connectivity index (χ2n) is 15.8. The molecule has 344 valence electrons. The van der Waals surface area contributed by atoms with Crippen molar-refractivity contribution in [3.05, 3.63) is 0 Å². The molecule has 0 rings (SSSR count). The molecule has 1 N–H and O–H groups in total. The van der Waals surface area contributed by atoms with E-state index in [0.717, 1.165) is 51.4 Å². The van der Waals surface area contributed by atoms with Crippen LogP contribution in [0.2, 0.25) is 0 Å². The van der Waals surface area contributed by atoms with Crippen molar-refractivity contribution in [2.45, 2.75) is 197 Å². The van der Waals surface area contributed by atoms with Crippen molar-refractivity contribution in [3.8, 4) is 0 Å². The lowest BCUT2D eigenvalue weighted by atomic mass is 10.0. The largest absolute Gasteiger partial charge is 0.393 e. The van der Waals surface area contributed by atoms with Gasteiger partial charge in [0.2, 0.25) is 17.1 Å². The number of aliphatic hydroxyl groups is 1. The second-order valence-corrected chi connectivity index (χ2v) is 34.7. The van der Waals surface area contributed by atoms with Crippen LogP contribution in [-0.2, 0) is 62.6 Å². The van der Waals surface area contributed by atoms with Crippen LogP contribution in [0.25, 0.3) is 0 Å². The van der Waals surface area contributed by atoms with Crippen molar-refractivity contribution in [2.24, 2.45) is 23.7 Å². The van der Waals surface area contributed by atoms with Gasteiger partial charge in [-0.25, -0.2) is 0 Å². The molecule has 0 aromatic rings. The van der Waals surface area contributed by atoms with Crippen LogP contribution < -0.4 is 0 Å². The summed E-state index contributed by atoms with van der Waals surface area (Å²) in [5.41, 5.74) is -8.19. The maximum atomic E-state index is 10.3. The van der Waals surface area contributed by atoms with Gasteiger partial charge in [0.15, 0.2) is 0 Å². The number of aliphatic hydroxyl groups excluding tert-OH is 1. The second kappa shape index (κ2) is 36.0. The van der Waals surface area contributed by atoms with E-state index in [1.807, 2.05) is 13.8 Å². The van der Waals surface area contributed by atoms with E-state index in [0.29, 0.717) is 67.4 Å². The lowest BCUT2D eigenvalue weighted by Crippen LogP contribution is -2.17. The standard InChI is InChI=1S/C41H87O7P3S6/c1-12-20-24-38(16-5)28-43-49(52,44-29-39(17-6)25-21-13-2)56-33-36(10)47-51(54,55-32-35(9)42)48-37(11)34-57-50(53,45-30-40(18-7)26-22-14-3)46-31-41(19-8)27-23-15-4/h35-42H,12-34H2,1-11H3. The Morgan fingerprint density at radius 3 is 0.930 bits per heavy atom. The van der Waals surface area contributed by atoms with Gasteiger partial charge in [-0.15, -0.1) is 0 Å². The lowest BCUT2D eigenvalue weighted by Gasteiger charge is -2.31. The Kier molecular flexibility index (Phi) is 37.7. The zero-order chi connectivity index (χ0) is 43.2. The fourth-order valence-electron chi connectivity index (χ4n) is 5.78. The maximum Gasteiger partial charge on any atom is 0.248 e. The first kappa shape index (κ1) is 59.7. The molecule has 7 unspecified atom stereocenters. The number of hydrogen-bond acceptors (Lipinski definition) is 13. The molecular weight excluding hydrogens is 890 g/mol. The SMILES string of the molecule is CCCCC(CC)COP(=S)(OCC(CC)CCCC)SCC(C)OP(=S)(OC(C)CSP(=S)(OCC(CC)CCCC)OCC(CC)CCCC)SCC(C)O. The molecule has 0 heterocycles. The maximum absolute atomic E-state index is 10.3. The Balaban J connectivity index is 5.94. The van der Waals surface area contributed by atoms with Crippen LogP contribution in [-0.4, -0.2) is 67.1 Å². The third kappa shape index (κ3) is 30.5. The van der Waals surface area contributed by atoms with Crippen LogP contribution in [0.4, 0.5) is 0 Å². The Morgan fingerprint density at radius 1 is 0.439 bits per heavy atom. The van der Waals surface area contributed by atoms with Gasteiger partial charge in [0.1, 0.15) is 0 Å². The van der Waals surface area contributed by atoms with Crippen molar-refractivity contribution in [2.75, 3.05) is 43.7 Å². The first-order chi connectivity index (χ1) is 27.1. The molecule has 0 saturated carbocycles. The molecule has 0 aliphatic rings. The van der Waals surface area contributed by atoms with E-state index in [9.17, 15) is 5.11 Å². The van der Waals surface area contributed by atoms with Crippen molar-refractivity contribution in [1.29, 1.82) is 0 Å². The van der Waals surface area contributed by atoms with Crippen LogP contribution in [0.3, 0.4) is 0 Å². The Bertz CT molecular complexity index is 989. The smallest absolute Gasteiger partial charge is 0.248 e.